The summed E-state index contributed by atoms with van der Waals surface area (Å²) in [5.74, 6) is 0.0369. The van der Waals surface area contributed by atoms with Crippen molar-refractivity contribution in [1.29, 1.82) is 0 Å². The lowest BCUT2D eigenvalue weighted by Gasteiger charge is -2.35. The van der Waals surface area contributed by atoms with Gasteiger partial charge in [-0.2, -0.15) is 0 Å². The Kier molecular flexibility index (Phi) is 6.53. The summed E-state index contributed by atoms with van der Waals surface area (Å²) >= 11 is 0. The Bertz CT molecular complexity index is 1100. The van der Waals surface area contributed by atoms with Crippen LogP contribution in [0.1, 0.15) is 61.6 Å². The van der Waals surface area contributed by atoms with E-state index in [4.69, 9.17) is 14.2 Å². The standard InChI is InChI=1S/C29H37NO5/c1-19-14-21(16-26(33-3)20(19)2)25-5-4-23(30-29(27(31)32)10-12-34-13-11-29)15-22(25)18-35-24-6-7-28(17-24)8-9-28/h4-5,14-16,24,30H,6-13,17-18H2,1-3H3,(H,31,32). The summed E-state index contributed by atoms with van der Waals surface area (Å²) in [4.78, 5) is 12.2. The molecule has 0 aromatic heterocycles. The first-order chi connectivity index (χ1) is 16.8. The summed E-state index contributed by atoms with van der Waals surface area (Å²) in [7, 11) is 1.70. The number of hydrogen-bond acceptors (Lipinski definition) is 5. The summed E-state index contributed by atoms with van der Waals surface area (Å²) in [5.41, 5.74) is 5.90. The second-order valence-electron chi connectivity index (χ2n) is 10.8. The van der Waals surface area contributed by atoms with Crippen LogP contribution < -0.4 is 10.1 Å². The number of methoxy groups -OCH3 is 1. The van der Waals surface area contributed by atoms with Crippen molar-refractivity contribution in [2.75, 3.05) is 25.6 Å². The van der Waals surface area contributed by atoms with Crippen molar-refractivity contribution in [3.8, 4) is 16.9 Å². The third-order valence-electron chi connectivity index (χ3n) is 8.48. The van der Waals surface area contributed by atoms with Gasteiger partial charge in [0.25, 0.3) is 0 Å². The van der Waals surface area contributed by atoms with Crippen molar-refractivity contribution < 1.29 is 24.1 Å². The lowest BCUT2D eigenvalue weighted by molar-refractivity contribution is -0.145. The number of nitrogens with one attached hydrogen (secondary N) is 1. The molecule has 188 valence electrons. The molecule has 6 heteroatoms. The highest BCUT2D eigenvalue weighted by atomic mass is 16.5. The van der Waals surface area contributed by atoms with Crippen molar-refractivity contribution in [2.24, 2.45) is 5.41 Å². The number of ether oxygens (including phenoxy) is 3. The molecule has 1 spiro atoms. The van der Waals surface area contributed by atoms with Crippen LogP contribution >= 0.6 is 0 Å². The quantitative estimate of drug-likeness (QED) is 0.493. The molecule has 35 heavy (non-hydrogen) atoms. The summed E-state index contributed by atoms with van der Waals surface area (Å²) in [6.07, 6.45) is 7.46. The first-order valence-corrected chi connectivity index (χ1v) is 12.8. The number of anilines is 1. The highest BCUT2D eigenvalue weighted by molar-refractivity contribution is 5.83. The van der Waals surface area contributed by atoms with E-state index in [-0.39, 0.29) is 0 Å². The van der Waals surface area contributed by atoms with Gasteiger partial charge in [0, 0.05) is 31.7 Å². The fourth-order valence-electron chi connectivity index (χ4n) is 5.79. The smallest absolute Gasteiger partial charge is 0.329 e. The topological polar surface area (TPSA) is 77.0 Å². The fraction of sp³-hybridized carbons (Fsp3) is 0.552. The maximum absolute atomic E-state index is 12.2. The number of carboxylic acid groups (broad SMARTS) is 1. The fourth-order valence-corrected chi connectivity index (χ4v) is 5.79. The van der Waals surface area contributed by atoms with Crippen LogP contribution in [0.2, 0.25) is 0 Å². The molecule has 5 rings (SSSR count). The van der Waals surface area contributed by atoms with Crippen molar-refractivity contribution in [2.45, 2.75) is 77.0 Å². The molecule has 1 unspecified atom stereocenters. The minimum Gasteiger partial charge on any atom is -0.496 e. The second-order valence-corrected chi connectivity index (χ2v) is 10.8. The minimum absolute atomic E-state index is 0.303. The zero-order valence-electron chi connectivity index (χ0n) is 21.1. The Morgan fingerprint density at radius 2 is 1.89 bits per heavy atom. The molecule has 3 fully saturated rings. The molecule has 0 radical (unpaired) electrons. The number of hydrogen-bond donors (Lipinski definition) is 2. The van der Waals surface area contributed by atoms with Crippen LogP contribution in [-0.2, 0) is 20.9 Å². The van der Waals surface area contributed by atoms with Gasteiger partial charge < -0.3 is 24.6 Å². The van der Waals surface area contributed by atoms with E-state index >= 15 is 0 Å². The van der Waals surface area contributed by atoms with Crippen LogP contribution in [0.3, 0.4) is 0 Å². The Morgan fingerprint density at radius 1 is 1.11 bits per heavy atom. The normalized spacial score (nSPS) is 22.2. The lowest BCUT2D eigenvalue weighted by atomic mass is 9.89. The molecule has 2 saturated carbocycles. The number of aryl methyl sites for hydroxylation is 1. The molecule has 1 aliphatic heterocycles. The van der Waals surface area contributed by atoms with E-state index in [0.717, 1.165) is 40.1 Å². The molecule has 3 aliphatic rings. The highest BCUT2D eigenvalue weighted by Gasteiger charge is 2.48. The maximum atomic E-state index is 12.2. The average Bonchev–Trinajstić information content (AvgIpc) is 3.49. The molecular formula is C29H37NO5. The van der Waals surface area contributed by atoms with Gasteiger partial charge in [-0.05, 0) is 97.4 Å². The van der Waals surface area contributed by atoms with E-state index in [1.54, 1.807) is 7.11 Å². The summed E-state index contributed by atoms with van der Waals surface area (Å²) in [5, 5.41) is 13.4. The second kappa shape index (κ2) is 9.47. The Hall–Kier alpha value is -2.57. The SMILES string of the molecule is COc1cc(-c2ccc(NC3(C(=O)O)CCOCC3)cc2COC2CCC3(CC3)C2)cc(C)c1C. The molecule has 1 saturated heterocycles. The molecule has 1 atom stereocenters. The summed E-state index contributed by atoms with van der Waals surface area (Å²) in [6, 6.07) is 10.4. The molecule has 2 aromatic rings. The third kappa shape index (κ3) is 4.91. The number of rotatable bonds is 8. The molecule has 6 nitrogen and oxygen atoms in total. The maximum Gasteiger partial charge on any atom is 0.329 e. The van der Waals surface area contributed by atoms with E-state index < -0.39 is 11.5 Å². The van der Waals surface area contributed by atoms with Gasteiger partial charge in [0.2, 0.25) is 0 Å². The number of benzene rings is 2. The van der Waals surface area contributed by atoms with Crippen molar-refractivity contribution in [3.63, 3.8) is 0 Å². The Morgan fingerprint density at radius 3 is 2.54 bits per heavy atom. The van der Waals surface area contributed by atoms with Crippen molar-refractivity contribution in [3.05, 3.63) is 47.0 Å². The zero-order chi connectivity index (χ0) is 24.6. The minimum atomic E-state index is -1.01. The lowest BCUT2D eigenvalue weighted by Crippen LogP contribution is -2.50. The van der Waals surface area contributed by atoms with Gasteiger partial charge >= 0.3 is 5.97 Å². The number of aliphatic carboxylic acids is 1. The van der Waals surface area contributed by atoms with Gasteiger partial charge in [-0.25, -0.2) is 4.79 Å². The van der Waals surface area contributed by atoms with E-state index in [1.807, 2.05) is 6.07 Å². The summed E-state index contributed by atoms with van der Waals surface area (Å²) < 4.78 is 17.5. The molecule has 0 bridgehead atoms. The van der Waals surface area contributed by atoms with E-state index in [0.29, 0.717) is 44.2 Å². The van der Waals surface area contributed by atoms with Gasteiger partial charge in [-0.15, -0.1) is 0 Å². The van der Waals surface area contributed by atoms with Gasteiger partial charge in [0.15, 0.2) is 0 Å². The van der Waals surface area contributed by atoms with Crippen molar-refractivity contribution in [1.82, 2.24) is 0 Å². The molecule has 1 heterocycles. The van der Waals surface area contributed by atoms with Crippen LogP contribution in [0.15, 0.2) is 30.3 Å². The highest BCUT2D eigenvalue weighted by Crippen LogP contribution is 2.58. The van der Waals surface area contributed by atoms with Crippen LogP contribution in [-0.4, -0.2) is 43.0 Å². The number of carbonyl (C=O) groups is 1. The van der Waals surface area contributed by atoms with Gasteiger partial charge in [-0.1, -0.05) is 12.1 Å². The predicted molar refractivity (Wildman–Crippen MR) is 136 cm³/mol. The molecule has 2 aliphatic carbocycles. The first kappa shape index (κ1) is 24.1. The average molecular weight is 480 g/mol. The van der Waals surface area contributed by atoms with Crippen LogP contribution in [0.4, 0.5) is 5.69 Å². The Labute approximate surface area is 208 Å². The Balaban J connectivity index is 1.46. The summed E-state index contributed by atoms with van der Waals surface area (Å²) in [6.45, 7) is 5.56. The van der Waals surface area contributed by atoms with E-state index in [1.165, 1.54) is 31.2 Å². The monoisotopic (exact) mass is 479 g/mol. The number of carboxylic acids is 1. The predicted octanol–water partition coefficient (Wildman–Crippen LogP) is 5.87. The van der Waals surface area contributed by atoms with E-state index in [2.05, 4.69) is 43.4 Å². The molecular weight excluding hydrogens is 442 g/mol. The third-order valence-corrected chi connectivity index (χ3v) is 8.48. The first-order valence-electron chi connectivity index (χ1n) is 12.8. The van der Waals surface area contributed by atoms with Crippen LogP contribution in [0, 0.1) is 19.3 Å². The van der Waals surface area contributed by atoms with E-state index in [9.17, 15) is 9.90 Å². The molecule has 0 amide bonds. The largest absolute Gasteiger partial charge is 0.496 e. The van der Waals surface area contributed by atoms with Crippen LogP contribution in [0.25, 0.3) is 11.1 Å². The van der Waals surface area contributed by atoms with Gasteiger partial charge in [0.05, 0.1) is 19.8 Å². The molecule has 2 aromatic carbocycles. The van der Waals surface area contributed by atoms with Gasteiger partial charge in [0.1, 0.15) is 11.3 Å². The zero-order valence-corrected chi connectivity index (χ0v) is 21.1. The molecule has 2 N–H and O–H groups in total. The van der Waals surface area contributed by atoms with Crippen molar-refractivity contribution >= 4 is 11.7 Å². The van der Waals surface area contributed by atoms with Crippen LogP contribution in [0.5, 0.6) is 5.75 Å². The van der Waals surface area contributed by atoms with Gasteiger partial charge in [-0.3, -0.25) is 0 Å².